The fourth-order valence-corrected chi connectivity index (χ4v) is 2.77. The molecule has 1 heterocycles. The van der Waals surface area contributed by atoms with Crippen molar-refractivity contribution < 1.29 is 0 Å². The van der Waals surface area contributed by atoms with Crippen molar-refractivity contribution in [2.24, 2.45) is 5.92 Å². The van der Waals surface area contributed by atoms with Gasteiger partial charge in [0.15, 0.2) is 0 Å². The van der Waals surface area contributed by atoms with Crippen LogP contribution in [0.25, 0.3) is 0 Å². The summed E-state index contributed by atoms with van der Waals surface area (Å²) in [5.74, 6) is 0.833. The Balaban J connectivity index is 2.37. The molecule has 1 aromatic rings. The maximum atomic E-state index is 3.62. The second-order valence-electron chi connectivity index (χ2n) is 5.17. The van der Waals surface area contributed by atoms with Crippen molar-refractivity contribution in [1.29, 1.82) is 0 Å². The molecule has 92 valence electrons. The Kier molecular flexibility index (Phi) is 5.50. The van der Waals surface area contributed by atoms with Crippen LogP contribution in [0.5, 0.6) is 0 Å². The summed E-state index contributed by atoms with van der Waals surface area (Å²) in [5.41, 5.74) is 0.264. The van der Waals surface area contributed by atoms with Gasteiger partial charge in [-0.2, -0.15) is 0 Å². The first-order chi connectivity index (χ1) is 7.60. The monoisotopic (exact) mass is 239 g/mol. The second kappa shape index (κ2) is 6.41. The van der Waals surface area contributed by atoms with Crippen molar-refractivity contribution in [2.75, 3.05) is 13.1 Å². The maximum absolute atomic E-state index is 3.62. The summed E-state index contributed by atoms with van der Waals surface area (Å²) >= 11 is 1.86. The highest BCUT2D eigenvalue weighted by Gasteiger charge is 2.21. The fraction of sp³-hybridized carbons (Fsp3) is 0.714. The largest absolute Gasteiger partial charge is 0.316 e. The van der Waals surface area contributed by atoms with E-state index in [4.69, 9.17) is 0 Å². The zero-order valence-corrected chi connectivity index (χ0v) is 11.9. The summed E-state index contributed by atoms with van der Waals surface area (Å²) in [6.45, 7) is 11.4. The van der Waals surface area contributed by atoms with Gasteiger partial charge in [-0.15, -0.1) is 11.3 Å². The van der Waals surface area contributed by atoms with E-state index in [1.165, 1.54) is 17.7 Å². The summed E-state index contributed by atoms with van der Waals surface area (Å²) < 4.78 is 0. The van der Waals surface area contributed by atoms with Gasteiger partial charge < -0.3 is 5.32 Å². The molecule has 0 aliphatic carbocycles. The molecule has 0 amide bonds. The normalized spacial score (nSPS) is 12.3. The Hall–Kier alpha value is -0.340. The van der Waals surface area contributed by atoms with E-state index >= 15 is 0 Å². The van der Waals surface area contributed by atoms with Gasteiger partial charge in [-0.05, 0) is 23.9 Å². The molecule has 1 rings (SSSR count). The van der Waals surface area contributed by atoms with Crippen LogP contribution >= 0.6 is 11.3 Å². The molecule has 2 heteroatoms. The van der Waals surface area contributed by atoms with E-state index in [0.29, 0.717) is 0 Å². The van der Waals surface area contributed by atoms with Gasteiger partial charge in [0.1, 0.15) is 0 Å². The third-order valence-corrected chi connectivity index (χ3v) is 4.58. The van der Waals surface area contributed by atoms with Crippen molar-refractivity contribution in [3.63, 3.8) is 0 Å². The van der Waals surface area contributed by atoms with Gasteiger partial charge in [-0.1, -0.05) is 46.6 Å². The average molecular weight is 239 g/mol. The number of nitrogens with one attached hydrogen (secondary N) is 1. The summed E-state index contributed by atoms with van der Waals surface area (Å²) in [4.78, 5) is 1.48. The molecule has 1 N–H and O–H groups in total. The second-order valence-corrected chi connectivity index (χ2v) is 6.12. The third kappa shape index (κ3) is 3.91. The standard InChI is InChI=1S/C14H25NS/c1-5-12(6-2)10-15-11-14(3,4)13-8-7-9-16-13/h7-9,12,15H,5-6,10-11H2,1-4H3. The summed E-state index contributed by atoms with van der Waals surface area (Å²) in [5, 5.41) is 5.79. The topological polar surface area (TPSA) is 12.0 Å². The molecule has 0 fully saturated rings. The van der Waals surface area contributed by atoms with Gasteiger partial charge in [0.25, 0.3) is 0 Å². The van der Waals surface area contributed by atoms with Gasteiger partial charge in [-0.3, -0.25) is 0 Å². The van der Waals surface area contributed by atoms with E-state index < -0.39 is 0 Å². The number of rotatable bonds is 7. The molecule has 0 radical (unpaired) electrons. The summed E-state index contributed by atoms with van der Waals surface area (Å²) in [6, 6.07) is 4.38. The van der Waals surface area contributed by atoms with Crippen LogP contribution in [0.15, 0.2) is 17.5 Å². The lowest BCUT2D eigenvalue weighted by Crippen LogP contribution is -2.34. The van der Waals surface area contributed by atoms with E-state index in [0.717, 1.165) is 19.0 Å². The molecule has 1 nitrogen and oxygen atoms in total. The van der Waals surface area contributed by atoms with Gasteiger partial charge in [0.2, 0.25) is 0 Å². The van der Waals surface area contributed by atoms with Crippen LogP contribution < -0.4 is 5.32 Å². The van der Waals surface area contributed by atoms with Crippen LogP contribution in [0, 0.1) is 5.92 Å². The van der Waals surface area contributed by atoms with E-state index in [1.54, 1.807) is 0 Å². The van der Waals surface area contributed by atoms with Gasteiger partial charge in [0, 0.05) is 16.8 Å². The Labute approximate surface area is 104 Å². The average Bonchev–Trinajstić information content (AvgIpc) is 2.78. The summed E-state index contributed by atoms with van der Waals surface area (Å²) in [6.07, 6.45) is 2.56. The Morgan fingerprint density at radius 2 is 2.00 bits per heavy atom. The molecule has 0 saturated carbocycles. The highest BCUT2D eigenvalue weighted by molar-refractivity contribution is 7.10. The number of thiophene rings is 1. The van der Waals surface area contributed by atoms with Crippen LogP contribution in [-0.2, 0) is 5.41 Å². The van der Waals surface area contributed by atoms with Gasteiger partial charge >= 0.3 is 0 Å². The molecular weight excluding hydrogens is 214 g/mol. The van der Waals surface area contributed by atoms with Crippen molar-refractivity contribution in [3.8, 4) is 0 Å². The van der Waals surface area contributed by atoms with Crippen LogP contribution in [0.2, 0.25) is 0 Å². The van der Waals surface area contributed by atoms with Crippen molar-refractivity contribution >= 4 is 11.3 Å². The molecule has 1 aromatic heterocycles. The molecule has 16 heavy (non-hydrogen) atoms. The van der Waals surface area contributed by atoms with Crippen LogP contribution in [-0.4, -0.2) is 13.1 Å². The van der Waals surface area contributed by atoms with Crippen LogP contribution in [0.1, 0.15) is 45.4 Å². The number of hydrogen-bond donors (Lipinski definition) is 1. The van der Waals surface area contributed by atoms with Crippen LogP contribution in [0.3, 0.4) is 0 Å². The minimum Gasteiger partial charge on any atom is -0.316 e. The first kappa shape index (κ1) is 13.7. The predicted octanol–water partition coefficient (Wildman–Crippen LogP) is 4.05. The van der Waals surface area contributed by atoms with Gasteiger partial charge in [0.05, 0.1) is 0 Å². The molecule has 0 aliphatic heterocycles. The Bertz CT molecular complexity index is 273. The van der Waals surface area contributed by atoms with E-state index in [9.17, 15) is 0 Å². The molecule has 0 unspecified atom stereocenters. The lowest BCUT2D eigenvalue weighted by atomic mass is 9.91. The highest BCUT2D eigenvalue weighted by atomic mass is 32.1. The molecule has 0 spiro atoms. The minimum absolute atomic E-state index is 0.264. The first-order valence-electron chi connectivity index (χ1n) is 6.34. The molecule has 0 atom stereocenters. The Morgan fingerprint density at radius 3 is 2.50 bits per heavy atom. The fourth-order valence-electron chi connectivity index (χ4n) is 1.92. The van der Waals surface area contributed by atoms with Gasteiger partial charge in [-0.25, -0.2) is 0 Å². The van der Waals surface area contributed by atoms with E-state index in [2.05, 4.69) is 50.5 Å². The summed E-state index contributed by atoms with van der Waals surface area (Å²) in [7, 11) is 0. The minimum atomic E-state index is 0.264. The first-order valence-corrected chi connectivity index (χ1v) is 7.22. The Morgan fingerprint density at radius 1 is 1.31 bits per heavy atom. The zero-order chi connectivity index (χ0) is 12.0. The van der Waals surface area contributed by atoms with E-state index in [1.807, 2.05) is 11.3 Å². The number of hydrogen-bond acceptors (Lipinski definition) is 2. The van der Waals surface area contributed by atoms with Crippen molar-refractivity contribution in [2.45, 2.75) is 46.0 Å². The maximum Gasteiger partial charge on any atom is 0.0115 e. The molecule has 0 aromatic carbocycles. The SMILES string of the molecule is CCC(CC)CNCC(C)(C)c1cccs1. The molecule has 0 bridgehead atoms. The van der Waals surface area contributed by atoms with Crippen LogP contribution in [0.4, 0.5) is 0 Å². The predicted molar refractivity (Wildman–Crippen MR) is 74.3 cm³/mol. The lowest BCUT2D eigenvalue weighted by Gasteiger charge is -2.25. The molecule has 0 saturated heterocycles. The zero-order valence-electron chi connectivity index (χ0n) is 11.0. The smallest absolute Gasteiger partial charge is 0.0115 e. The quantitative estimate of drug-likeness (QED) is 0.757. The van der Waals surface area contributed by atoms with Crippen molar-refractivity contribution in [1.82, 2.24) is 5.32 Å². The highest BCUT2D eigenvalue weighted by Crippen LogP contribution is 2.26. The molecular formula is C14H25NS. The van der Waals surface area contributed by atoms with E-state index in [-0.39, 0.29) is 5.41 Å². The lowest BCUT2D eigenvalue weighted by molar-refractivity contribution is 0.406. The molecule has 0 aliphatic rings. The van der Waals surface area contributed by atoms with Crippen molar-refractivity contribution in [3.05, 3.63) is 22.4 Å². The third-order valence-electron chi connectivity index (χ3n) is 3.34.